The highest BCUT2D eigenvalue weighted by Gasteiger charge is 2.22. The molecule has 0 fully saturated rings. The van der Waals surface area contributed by atoms with Crippen molar-refractivity contribution < 1.29 is 0 Å². The Morgan fingerprint density at radius 2 is 1.17 bits per heavy atom. The summed E-state index contributed by atoms with van der Waals surface area (Å²) in [4.78, 5) is 28.7. The molecule has 0 radical (unpaired) electrons. The smallest absolute Gasteiger partial charge is 0.115 e. The molecule has 0 saturated heterocycles. The van der Waals surface area contributed by atoms with Gasteiger partial charge in [0.25, 0.3) is 0 Å². The van der Waals surface area contributed by atoms with E-state index in [1.165, 1.54) is 0 Å². The first-order valence-corrected chi connectivity index (χ1v) is 11.6. The van der Waals surface area contributed by atoms with E-state index < -0.39 is 0 Å². The van der Waals surface area contributed by atoms with E-state index in [4.69, 9.17) is 15.0 Å². The normalized spacial score (nSPS) is 15.7. The largest absolute Gasteiger partial charge is 0.264 e. The Morgan fingerprint density at radius 3 is 1.92 bits per heavy atom. The Morgan fingerprint density at radius 1 is 0.500 bits per heavy atom. The Bertz CT molecular complexity index is 1720. The first-order valence-electron chi connectivity index (χ1n) is 11.6. The average molecular weight is 463 g/mol. The Balaban J connectivity index is 1.48. The number of fused-ring (bicyclic) bond motifs is 4. The number of nitrogens with zero attached hydrogens (tertiary/aromatic N) is 6. The molecule has 2 aromatic carbocycles. The van der Waals surface area contributed by atoms with Crippen molar-refractivity contribution in [3.63, 3.8) is 0 Å². The number of hydrogen-bond donors (Lipinski definition) is 0. The molecule has 6 aromatic rings. The molecule has 0 spiro atoms. The van der Waals surface area contributed by atoms with Crippen molar-refractivity contribution in [2.45, 2.75) is 0 Å². The third-order valence-electron chi connectivity index (χ3n) is 6.26. The summed E-state index contributed by atoms with van der Waals surface area (Å²) in [5.74, 6) is 0. The maximum atomic E-state index is 5.13. The second-order valence-electron chi connectivity index (χ2n) is 8.52. The van der Waals surface area contributed by atoms with Crippen LogP contribution >= 0.6 is 0 Å². The van der Waals surface area contributed by atoms with Crippen LogP contribution in [0.5, 0.6) is 0 Å². The molecule has 0 saturated carbocycles. The van der Waals surface area contributed by atoms with E-state index in [0.717, 1.165) is 61.3 Å². The maximum absolute atomic E-state index is 5.13. The molecule has 36 heavy (non-hydrogen) atoms. The highest BCUT2D eigenvalue weighted by atomic mass is 14.9. The molecule has 4 aromatic heterocycles. The van der Waals surface area contributed by atoms with Gasteiger partial charge >= 0.3 is 0 Å². The summed E-state index contributed by atoms with van der Waals surface area (Å²) in [7, 11) is 0. The van der Waals surface area contributed by atoms with Crippen LogP contribution in [-0.4, -0.2) is 31.4 Å². The highest BCUT2D eigenvalue weighted by molar-refractivity contribution is 6.22. The van der Waals surface area contributed by atoms with Crippen LogP contribution in [0.25, 0.3) is 21.8 Å². The summed E-state index contributed by atoms with van der Waals surface area (Å²) in [6, 6.07) is 26.1. The highest BCUT2D eigenvalue weighted by Crippen LogP contribution is 2.32. The lowest BCUT2D eigenvalue weighted by atomic mass is 9.99. The van der Waals surface area contributed by atoms with Crippen LogP contribution in [0.1, 0.15) is 22.4 Å². The van der Waals surface area contributed by atoms with Gasteiger partial charge in [-0.2, -0.15) is 0 Å². The predicted molar refractivity (Wildman–Crippen MR) is 143 cm³/mol. The molecule has 1 aliphatic heterocycles. The fourth-order valence-electron chi connectivity index (χ4n) is 4.51. The quantitative estimate of drug-likeness (QED) is 0.305. The molecule has 0 bridgehead atoms. The zero-order valence-corrected chi connectivity index (χ0v) is 19.1. The van der Waals surface area contributed by atoms with Crippen LogP contribution in [0.2, 0.25) is 0 Å². The van der Waals surface area contributed by atoms with Crippen molar-refractivity contribution in [1.29, 1.82) is 0 Å². The number of aliphatic imine (C=N–C) groups is 2. The molecule has 0 atom stereocenters. The molecule has 1 aliphatic rings. The average Bonchev–Trinajstić information content (AvgIpc) is 2.94. The van der Waals surface area contributed by atoms with Crippen molar-refractivity contribution >= 4 is 44.6 Å². The molecule has 0 aliphatic carbocycles. The Labute approximate surface area is 206 Å². The summed E-state index contributed by atoms with van der Waals surface area (Å²) >= 11 is 0. The lowest BCUT2D eigenvalue weighted by molar-refractivity contribution is 1.23. The second-order valence-corrected chi connectivity index (χ2v) is 8.52. The topological polar surface area (TPSA) is 76.3 Å². The van der Waals surface area contributed by atoms with Crippen molar-refractivity contribution in [2.24, 2.45) is 9.98 Å². The Kier molecular flexibility index (Phi) is 4.67. The van der Waals surface area contributed by atoms with Gasteiger partial charge in [-0.15, -0.1) is 0 Å². The molecule has 0 N–H and O–H groups in total. The van der Waals surface area contributed by atoms with E-state index in [-0.39, 0.29) is 0 Å². The summed E-state index contributed by atoms with van der Waals surface area (Å²) < 4.78 is 0. The summed E-state index contributed by atoms with van der Waals surface area (Å²) in [5, 5.41) is 2.08. The van der Waals surface area contributed by atoms with Crippen molar-refractivity contribution in [1.82, 2.24) is 19.9 Å². The standard InChI is InChI=1S/C30H18N6/c1-3-8-24-19(6-1)14-21(16-33-24)28-23-18-31-13-11-26(23)35-29(30-27(36-28)10-5-12-32-30)22-15-20-7-2-4-9-25(20)34-17-22/h1-18H/b28-23?,30-29?,35-26?,35-29-,36-27?,36-28-. The van der Waals surface area contributed by atoms with Crippen molar-refractivity contribution in [3.8, 4) is 0 Å². The van der Waals surface area contributed by atoms with E-state index in [0.29, 0.717) is 5.69 Å². The van der Waals surface area contributed by atoms with Gasteiger partial charge in [-0.05, 0) is 42.5 Å². The summed E-state index contributed by atoms with van der Waals surface area (Å²) in [6.45, 7) is 0. The third kappa shape index (κ3) is 3.44. The van der Waals surface area contributed by atoms with E-state index in [1.54, 1.807) is 12.4 Å². The van der Waals surface area contributed by atoms with E-state index in [1.807, 2.05) is 73.2 Å². The van der Waals surface area contributed by atoms with Gasteiger partial charge in [0.2, 0.25) is 0 Å². The molecule has 5 heterocycles. The van der Waals surface area contributed by atoms with Crippen LogP contribution < -0.4 is 0 Å². The minimum Gasteiger partial charge on any atom is -0.264 e. The lowest BCUT2D eigenvalue weighted by Gasteiger charge is -2.17. The van der Waals surface area contributed by atoms with Crippen LogP contribution in [0.3, 0.4) is 0 Å². The molecule has 6 heteroatoms. The molecule has 6 nitrogen and oxygen atoms in total. The number of benzene rings is 2. The monoisotopic (exact) mass is 462 g/mol. The van der Waals surface area contributed by atoms with Crippen molar-refractivity contribution in [2.75, 3.05) is 0 Å². The van der Waals surface area contributed by atoms with E-state index >= 15 is 0 Å². The number of hydrogen-bond acceptors (Lipinski definition) is 6. The molecule has 0 unspecified atom stereocenters. The van der Waals surface area contributed by atoms with E-state index in [9.17, 15) is 0 Å². The van der Waals surface area contributed by atoms with Gasteiger partial charge in [-0.1, -0.05) is 36.4 Å². The number of pyridine rings is 4. The fourth-order valence-corrected chi connectivity index (χ4v) is 4.51. The second kappa shape index (κ2) is 8.29. The van der Waals surface area contributed by atoms with Crippen molar-refractivity contribution in [3.05, 3.63) is 132 Å². The maximum Gasteiger partial charge on any atom is 0.115 e. The lowest BCUT2D eigenvalue weighted by Crippen LogP contribution is -2.12. The van der Waals surface area contributed by atoms with Crippen LogP contribution in [0, 0.1) is 0 Å². The van der Waals surface area contributed by atoms with Crippen LogP contribution in [0.4, 0.5) is 11.4 Å². The van der Waals surface area contributed by atoms with Gasteiger partial charge < -0.3 is 0 Å². The van der Waals surface area contributed by atoms with Gasteiger partial charge in [-0.3, -0.25) is 19.9 Å². The zero-order valence-electron chi connectivity index (χ0n) is 19.1. The minimum atomic E-state index is 0.697. The van der Waals surface area contributed by atoms with Crippen LogP contribution in [-0.2, 0) is 0 Å². The Hall–Kier alpha value is -5.10. The minimum absolute atomic E-state index is 0.697. The number of aromatic nitrogens is 4. The SMILES string of the molecule is c1cnc2c(c1)/N=C(/c1cnc3ccccc3c1)c1cnccc1/N=C\2c1cnc2ccccc2c1. The summed E-state index contributed by atoms with van der Waals surface area (Å²) in [5.41, 5.74) is 8.12. The van der Waals surface area contributed by atoms with Gasteiger partial charge in [-0.25, -0.2) is 9.98 Å². The number of para-hydroxylation sites is 2. The molecule has 7 rings (SSSR count). The van der Waals surface area contributed by atoms with Gasteiger partial charge in [0.1, 0.15) is 11.4 Å². The van der Waals surface area contributed by atoms with E-state index in [2.05, 4.69) is 39.2 Å². The molecule has 0 amide bonds. The third-order valence-corrected chi connectivity index (χ3v) is 6.26. The van der Waals surface area contributed by atoms with Crippen LogP contribution in [0.15, 0.2) is 120 Å². The molecular formula is C30H18N6. The number of rotatable bonds is 2. The van der Waals surface area contributed by atoms with Gasteiger partial charge in [0.15, 0.2) is 0 Å². The molecular weight excluding hydrogens is 444 g/mol. The first kappa shape index (κ1) is 20.3. The summed E-state index contributed by atoms with van der Waals surface area (Å²) in [6.07, 6.45) is 9.03. The predicted octanol–water partition coefficient (Wildman–Crippen LogP) is 6.22. The zero-order chi connectivity index (χ0) is 23.9. The fraction of sp³-hybridized carbons (Fsp3) is 0. The van der Waals surface area contributed by atoms with Gasteiger partial charge in [0, 0.05) is 58.4 Å². The first-order chi connectivity index (χ1) is 17.8. The van der Waals surface area contributed by atoms with Gasteiger partial charge in [0.05, 0.1) is 28.1 Å². The molecule has 168 valence electrons.